The number of aliphatic hydroxyl groups is 1. The second-order valence-corrected chi connectivity index (χ2v) is 4.72. The lowest BCUT2D eigenvalue weighted by Crippen LogP contribution is -2.07. The van der Waals surface area contributed by atoms with Crippen LogP contribution < -0.4 is 0 Å². The number of hydrogen-bond donors (Lipinski definition) is 1. The van der Waals surface area contributed by atoms with E-state index in [0.29, 0.717) is 11.1 Å². The Kier molecular flexibility index (Phi) is 4.30. The van der Waals surface area contributed by atoms with Crippen LogP contribution in [0.15, 0.2) is 42.7 Å². The standard InChI is InChI=1S/C14H11ClF3NO/c15-12-8-19-5-4-11(12)13(20)7-9-2-1-3-10(6-9)14(16,17)18/h1-6,8,13,20H,7H2. The molecular weight excluding hydrogens is 291 g/mol. The fourth-order valence-electron chi connectivity index (χ4n) is 1.86. The third-order valence-corrected chi connectivity index (χ3v) is 3.16. The molecular formula is C14H11ClF3NO. The Hall–Kier alpha value is -1.59. The van der Waals surface area contributed by atoms with Crippen LogP contribution >= 0.6 is 11.6 Å². The normalized spacial score (nSPS) is 13.2. The molecule has 0 amide bonds. The summed E-state index contributed by atoms with van der Waals surface area (Å²) in [5.74, 6) is 0. The van der Waals surface area contributed by atoms with Gasteiger partial charge in [-0.3, -0.25) is 4.98 Å². The first kappa shape index (κ1) is 14.8. The predicted octanol–water partition coefficient (Wildman–Crippen LogP) is 4.03. The van der Waals surface area contributed by atoms with Crippen molar-refractivity contribution in [3.05, 3.63) is 64.4 Å². The molecule has 0 aliphatic carbocycles. The molecule has 1 heterocycles. The minimum atomic E-state index is -4.39. The highest BCUT2D eigenvalue weighted by atomic mass is 35.5. The summed E-state index contributed by atoms with van der Waals surface area (Å²) in [6, 6.07) is 6.42. The first-order valence-corrected chi connectivity index (χ1v) is 6.19. The fraction of sp³-hybridized carbons (Fsp3) is 0.214. The van der Waals surface area contributed by atoms with Crippen LogP contribution in [0.25, 0.3) is 0 Å². The zero-order valence-corrected chi connectivity index (χ0v) is 11.0. The van der Waals surface area contributed by atoms with Crippen molar-refractivity contribution in [3.8, 4) is 0 Å². The van der Waals surface area contributed by atoms with E-state index in [1.165, 1.54) is 24.5 Å². The summed E-state index contributed by atoms with van der Waals surface area (Å²) in [5, 5.41) is 10.3. The lowest BCUT2D eigenvalue weighted by Gasteiger charge is -2.14. The van der Waals surface area contributed by atoms with Crippen LogP contribution in [0.5, 0.6) is 0 Å². The predicted molar refractivity (Wildman–Crippen MR) is 69.4 cm³/mol. The number of aliphatic hydroxyl groups excluding tert-OH is 1. The van der Waals surface area contributed by atoms with E-state index in [1.54, 1.807) is 6.07 Å². The van der Waals surface area contributed by atoms with Crippen molar-refractivity contribution in [2.24, 2.45) is 0 Å². The van der Waals surface area contributed by atoms with Crippen LogP contribution in [-0.4, -0.2) is 10.1 Å². The van der Waals surface area contributed by atoms with Crippen molar-refractivity contribution in [1.29, 1.82) is 0 Å². The van der Waals surface area contributed by atoms with E-state index in [2.05, 4.69) is 4.98 Å². The van der Waals surface area contributed by atoms with Gasteiger partial charge in [-0.25, -0.2) is 0 Å². The van der Waals surface area contributed by atoms with Crippen LogP contribution in [0.1, 0.15) is 22.8 Å². The largest absolute Gasteiger partial charge is 0.416 e. The third-order valence-electron chi connectivity index (χ3n) is 2.85. The molecule has 1 unspecified atom stereocenters. The van der Waals surface area contributed by atoms with E-state index < -0.39 is 17.8 Å². The number of hydrogen-bond acceptors (Lipinski definition) is 2. The van der Waals surface area contributed by atoms with Crippen molar-refractivity contribution in [3.63, 3.8) is 0 Å². The molecule has 2 nitrogen and oxygen atoms in total. The lowest BCUT2D eigenvalue weighted by atomic mass is 10.0. The van der Waals surface area contributed by atoms with Gasteiger partial charge in [0.1, 0.15) is 0 Å². The van der Waals surface area contributed by atoms with Gasteiger partial charge in [-0.05, 0) is 17.7 Å². The summed E-state index contributed by atoms with van der Waals surface area (Å²) in [5.41, 5.74) is 0.0994. The Labute approximate surface area is 118 Å². The molecule has 6 heteroatoms. The number of benzene rings is 1. The van der Waals surface area contributed by atoms with Crippen LogP contribution in [0.4, 0.5) is 13.2 Å². The highest BCUT2D eigenvalue weighted by Crippen LogP contribution is 2.31. The molecule has 0 radical (unpaired) electrons. The van der Waals surface area contributed by atoms with Crippen molar-refractivity contribution in [2.45, 2.75) is 18.7 Å². The van der Waals surface area contributed by atoms with E-state index in [1.807, 2.05) is 0 Å². The molecule has 20 heavy (non-hydrogen) atoms. The molecule has 1 aromatic carbocycles. The summed E-state index contributed by atoms with van der Waals surface area (Å²) in [6.07, 6.45) is -2.47. The Balaban J connectivity index is 2.20. The number of rotatable bonds is 3. The molecule has 1 N–H and O–H groups in total. The van der Waals surface area contributed by atoms with Gasteiger partial charge in [-0.2, -0.15) is 13.2 Å². The number of halogens is 4. The highest BCUT2D eigenvalue weighted by molar-refractivity contribution is 6.31. The van der Waals surface area contributed by atoms with Gasteiger partial charge in [0.25, 0.3) is 0 Å². The zero-order valence-electron chi connectivity index (χ0n) is 10.2. The second-order valence-electron chi connectivity index (χ2n) is 4.32. The first-order valence-electron chi connectivity index (χ1n) is 5.81. The van der Waals surface area contributed by atoms with Gasteiger partial charge in [0, 0.05) is 24.4 Å². The van der Waals surface area contributed by atoms with E-state index >= 15 is 0 Å². The van der Waals surface area contributed by atoms with E-state index in [9.17, 15) is 18.3 Å². The molecule has 106 valence electrons. The Morgan fingerprint density at radius 1 is 1.25 bits per heavy atom. The average molecular weight is 302 g/mol. The average Bonchev–Trinajstić information content (AvgIpc) is 2.38. The summed E-state index contributed by atoms with van der Waals surface area (Å²) in [4.78, 5) is 3.79. The molecule has 0 fully saturated rings. The van der Waals surface area contributed by atoms with Crippen molar-refractivity contribution >= 4 is 11.6 Å². The van der Waals surface area contributed by atoms with Crippen LogP contribution in [-0.2, 0) is 12.6 Å². The molecule has 1 aromatic heterocycles. The quantitative estimate of drug-likeness (QED) is 0.928. The van der Waals surface area contributed by atoms with Crippen LogP contribution in [0.2, 0.25) is 5.02 Å². The van der Waals surface area contributed by atoms with Crippen molar-refractivity contribution in [2.75, 3.05) is 0 Å². The number of nitrogens with zero attached hydrogens (tertiary/aromatic N) is 1. The van der Waals surface area contributed by atoms with Gasteiger partial charge in [0.05, 0.1) is 16.7 Å². The summed E-state index contributed by atoms with van der Waals surface area (Å²) in [6.45, 7) is 0. The van der Waals surface area contributed by atoms with Gasteiger partial charge in [0.15, 0.2) is 0 Å². The van der Waals surface area contributed by atoms with E-state index in [4.69, 9.17) is 11.6 Å². The van der Waals surface area contributed by atoms with Gasteiger partial charge < -0.3 is 5.11 Å². The topological polar surface area (TPSA) is 33.1 Å². The third kappa shape index (κ3) is 3.49. The Bertz CT molecular complexity index is 601. The molecule has 0 bridgehead atoms. The minimum absolute atomic E-state index is 0.0493. The molecule has 0 aliphatic heterocycles. The zero-order chi connectivity index (χ0) is 14.8. The SMILES string of the molecule is OC(Cc1cccc(C(F)(F)F)c1)c1ccncc1Cl. The number of pyridine rings is 1. The Morgan fingerprint density at radius 3 is 2.65 bits per heavy atom. The molecule has 1 atom stereocenters. The highest BCUT2D eigenvalue weighted by Gasteiger charge is 2.30. The maximum Gasteiger partial charge on any atom is 0.416 e. The second kappa shape index (κ2) is 5.81. The van der Waals surface area contributed by atoms with Crippen molar-refractivity contribution < 1.29 is 18.3 Å². The minimum Gasteiger partial charge on any atom is -0.388 e. The van der Waals surface area contributed by atoms with Gasteiger partial charge >= 0.3 is 6.18 Å². The summed E-state index contributed by atoms with van der Waals surface area (Å²) >= 11 is 5.89. The molecule has 2 aromatic rings. The summed E-state index contributed by atoms with van der Waals surface area (Å²) < 4.78 is 37.8. The van der Waals surface area contributed by atoms with Gasteiger partial charge in [-0.1, -0.05) is 29.8 Å². The molecule has 0 aliphatic rings. The van der Waals surface area contributed by atoms with Gasteiger partial charge in [0.2, 0.25) is 0 Å². The van der Waals surface area contributed by atoms with E-state index in [-0.39, 0.29) is 11.4 Å². The molecule has 0 saturated carbocycles. The monoisotopic (exact) mass is 301 g/mol. The molecule has 0 spiro atoms. The van der Waals surface area contributed by atoms with Gasteiger partial charge in [-0.15, -0.1) is 0 Å². The smallest absolute Gasteiger partial charge is 0.388 e. The lowest BCUT2D eigenvalue weighted by molar-refractivity contribution is -0.137. The summed E-state index contributed by atoms with van der Waals surface area (Å²) in [7, 11) is 0. The van der Waals surface area contributed by atoms with E-state index in [0.717, 1.165) is 12.1 Å². The van der Waals surface area contributed by atoms with Crippen molar-refractivity contribution in [1.82, 2.24) is 4.98 Å². The fourth-order valence-corrected chi connectivity index (χ4v) is 2.11. The number of alkyl halides is 3. The van der Waals surface area contributed by atoms with Crippen LogP contribution in [0, 0.1) is 0 Å². The maximum absolute atomic E-state index is 12.6. The van der Waals surface area contributed by atoms with Crippen LogP contribution in [0.3, 0.4) is 0 Å². The molecule has 2 rings (SSSR count). The first-order chi connectivity index (χ1) is 9.38. The Morgan fingerprint density at radius 2 is 2.00 bits per heavy atom. The number of aromatic nitrogens is 1. The molecule has 0 saturated heterocycles. The maximum atomic E-state index is 12.6.